The van der Waals surface area contributed by atoms with Crippen molar-refractivity contribution in [3.8, 4) is 11.1 Å². The molecule has 2 aromatic carbocycles. The molecule has 1 aliphatic rings. The summed E-state index contributed by atoms with van der Waals surface area (Å²) in [6, 6.07) is 19.2. The molecule has 3 rings (SSSR count). The van der Waals surface area contributed by atoms with Gasteiger partial charge in [0, 0.05) is 13.2 Å². The molecule has 6 nitrogen and oxygen atoms in total. The Morgan fingerprint density at radius 2 is 1.68 bits per heavy atom. The van der Waals surface area contributed by atoms with Crippen molar-refractivity contribution in [1.29, 1.82) is 0 Å². The fraction of sp³-hybridized carbons (Fsp3) is 0.500. The molecule has 1 heterocycles. The fourth-order valence-electron chi connectivity index (χ4n) is 4.58. The molecule has 1 aliphatic heterocycles. The zero-order chi connectivity index (χ0) is 27.2. The number of ether oxygens (including phenoxy) is 2. The Bertz CT molecular complexity index is 1010. The summed E-state index contributed by atoms with van der Waals surface area (Å²) in [5, 5.41) is 2.56. The van der Waals surface area contributed by atoms with Gasteiger partial charge in [-0.05, 0) is 69.6 Å². The molecular weight excluding hydrogens is 476 g/mol. The third-order valence-electron chi connectivity index (χ3n) is 6.53. The summed E-state index contributed by atoms with van der Waals surface area (Å²) in [7, 11) is 0. The summed E-state index contributed by atoms with van der Waals surface area (Å²) in [5.41, 5.74) is 3.14. The normalized spacial score (nSPS) is 15.7. The molecule has 2 amide bonds. The van der Waals surface area contributed by atoms with Crippen molar-refractivity contribution in [2.24, 2.45) is 0 Å². The highest BCUT2D eigenvalue weighted by atomic mass is 16.6. The van der Waals surface area contributed by atoms with Crippen molar-refractivity contribution < 1.29 is 19.1 Å². The van der Waals surface area contributed by atoms with Gasteiger partial charge in [0.05, 0.1) is 12.6 Å². The minimum Gasteiger partial charge on any atom is -0.444 e. The van der Waals surface area contributed by atoms with E-state index in [4.69, 9.17) is 9.47 Å². The lowest BCUT2D eigenvalue weighted by Crippen LogP contribution is -2.45. The number of hydrogen-bond acceptors (Lipinski definition) is 4. The molecule has 1 atom stereocenters. The summed E-state index contributed by atoms with van der Waals surface area (Å²) in [5.74, 6) is -0.0813. The number of allylic oxidation sites excluding steroid dienone is 1. The van der Waals surface area contributed by atoms with Crippen molar-refractivity contribution in [2.75, 3.05) is 26.3 Å². The van der Waals surface area contributed by atoms with E-state index < -0.39 is 11.7 Å². The predicted molar refractivity (Wildman–Crippen MR) is 154 cm³/mol. The van der Waals surface area contributed by atoms with Crippen molar-refractivity contribution in [3.05, 3.63) is 66.2 Å². The van der Waals surface area contributed by atoms with E-state index in [1.807, 2.05) is 11.0 Å². The minimum absolute atomic E-state index is 0.0428. The van der Waals surface area contributed by atoms with Crippen LogP contribution in [0.4, 0.5) is 4.79 Å². The summed E-state index contributed by atoms with van der Waals surface area (Å²) in [6.45, 7) is 7.35. The van der Waals surface area contributed by atoms with Gasteiger partial charge in [-0.15, -0.1) is 0 Å². The number of rotatable bonds is 13. The largest absolute Gasteiger partial charge is 0.444 e. The van der Waals surface area contributed by atoms with E-state index in [1.54, 1.807) is 20.8 Å². The van der Waals surface area contributed by atoms with Crippen LogP contribution in [0.2, 0.25) is 0 Å². The van der Waals surface area contributed by atoms with Gasteiger partial charge in [0.2, 0.25) is 5.91 Å². The average molecular weight is 521 g/mol. The van der Waals surface area contributed by atoms with Crippen LogP contribution in [0, 0.1) is 0 Å². The predicted octanol–water partition coefficient (Wildman–Crippen LogP) is 6.85. The number of alkyl carbamates (subject to hydrolysis) is 1. The van der Waals surface area contributed by atoms with Crippen LogP contribution in [0.3, 0.4) is 0 Å². The van der Waals surface area contributed by atoms with Gasteiger partial charge in [0.1, 0.15) is 12.1 Å². The van der Waals surface area contributed by atoms with Gasteiger partial charge >= 0.3 is 6.09 Å². The molecule has 1 fully saturated rings. The third kappa shape index (κ3) is 10.7. The van der Waals surface area contributed by atoms with Crippen LogP contribution >= 0.6 is 0 Å². The Kier molecular flexibility index (Phi) is 11.9. The van der Waals surface area contributed by atoms with Gasteiger partial charge in [-0.1, -0.05) is 79.6 Å². The zero-order valence-corrected chi connectivity index (χ0v) is 23.3. The van der Waals surface area contributed by atoms with E-state index in [0.717, 1.165) is 38.7 Å². The number of carbonyl (C=O) groups excluding carboxylic acids is 2. The van der Waals surface area contributed by atoms with Gasteiger partial charge in [0.25, 0.3) is 0 Å². The van der Waals surface area contributed by atoms with E-state index in [9.17, 15) is 9.59 Å². The lowest BCUT2D eigenvalue weighted by atomic mass is 10.0. The van der Waals surface area contributed by atoms with Crippen LogP contribution < -0.4 is 5.32 Å². The maximum absolute atomic E-state index is 12.5. The zero-order valence-electron chi connectivity index (χ0n) is 23.3. The highest BCUT2D eigenvalue weighted by molar-refractivity contribution is 5.82. The molecule has 6 heteroatoms. The third-order valence-corrected chi connectivity index (χ3v) is 6.53. The average Bonchev–Trinajstić information content (AvgIpc) is 3.37. The van der Waals surface area contributed by atoms with Crippen molar-refractivity contribution in [1.82, 2.24) is 10.2 Å². The summed E-state index contributed by atoms with van der Waals surface area (Å²) >= 11 is 0. The first-order chi connectivity index (χ1) is 18.3. The first-order valence-electron chi connectivity index (χ1n) is 14.0. The first-order valence-corrected chi connectivity index (χ1v) is 14.0. The van der Waals surface area contributed by atoms with E-state index in [-0.39, 0.29) is 18.5 Å². The number of amides is 2. The quantitative estimate of drug-likeness (QED) is 0.293. The molecule has 0 saturated carbocycles. The van der Waals surface area contributed by atoms with Crippen LogP contribution in [0.1, 0.15) is 71.3 Å². The standard InChI is InChI=1S/C32H44N2O4/c1-32(2,3)38-31(36)33-24-30(35)34-22-13-17-29(34)25-37-23-12-7-5-4-6-9-14-26-18-20-28(21-19-26)27-15-10-8-11-16-27/h8-11,14-16,18-21,29H,4-7,12-13,17,22-25H2,1-3H3,(H,33,36)/b14-9+/t29-/m0/s1. The first kappa shape index (κ1) is 29.4. The lowest BCUT2D eigenvalue weighted by molar-refractivity contribution is -0.132. The Labute approximate surface area is 228 Å². The molecule has 1 saturated heterocycles. The number of unbranched alkanes of at least 4 members (excludes halogenated alkanes) is 4. The number of carbonyl (C=O) groups is 2. The van der Waals surface area contributed by atoms with E-state index >= 15 is 0 Å². The molecule has 2 aromatic rings. The van der Waals surface area contributed by atoms with Gasteiger partial charge < -0.3 is 19.7 Å². The minimum atomic E-state index is -0.580. The van der Waals surface area contributed by atoms with Crippen molar-refractivity contribution >= 4 is 18.1 Å². The maximum Gasteiger partial charge on any atom is 0.408 e. The Morgan fingerprint density at radius 3 is 2.42 bits per heavy atom. The summed E-state index contributed by atoms with van der Waals surface area (Å²) < 4.78 is 11.1. The Morgan fingerprint density at radius 1 is 0.974 bits per heavy atom. The second kappa shape index (κ2) is 15.3. The molecule has 0 radical (unpaired) electrons. The molecule has 206 valence electrons. The number of likely N-dealkylation sites (tertiary alicyclic amines) is 1. The van der Waals surface area contributed by atoms with Crippen molar-refractivity contribution in [3.63, 3.8) is 0 Å². The fourth-order valence-corrected chi connectivity index (χ4v) is 4.58. The van der Waals surface area contributed by atoms with Crippen LogP contribution in [-0.4, -0.2) is 54.8 Å². The van der Waals surface area contributed by atoms with Gasteiger partial charge in [-0.25, -0.2) is 4.79 Å². The Hall–Kier alpha value is -3.12. The molecule has 0 aliphatic carbocycles. The molecule has 0 spiro atoms. The molecular formula is C32H44N2O4. The molecule has 0 aromatic heterocycles. The van der Waals surface area contributed by atoms with Crippen LogP contribution in [0.25, 0.3) is 17.2 Å². The topological polar surface area (TPSA) is 67.9 Å². The van der Waals surface area contributed by atoms with Gasteiger partial charge in [0.15, 0.2) is 0 Å². The number of benzene rings is 2. The van der Waals surface area contributed by atoms with Gasteiger partial charge in [-0.2, -0.15) is 0 Å². The highest BCUT2D eigenvalue weighted by Gasteiger charge is 2.29. The van der Waals surface area contributed by atoms with E-state index in [2.05, 4.69) is 66.0 Å². The molecule has 0 unspecified atom stereocenters. The van der Waals surface area contributed by atoms with Crippen molar-refractivity contribution in [2.45, 2.75) is 77.4 Å². The number of nitrogens with zero attached hydrogens (tertiary/aromatic N) is 1. The van der Waals surface area contributed by atoms with E-state index in [0.29, 0.717) is 13.2 Å². The number of hydrogen-bond donors (Lipinski definition) is 1. The van der Waals surface area contributed by atoms with Crippen LogP contribution in [0.15, 0.2) is 60.7 Å². The SMILES string of the molecule is CC(C)(C)OC(=O)NCC(=O)N1CCC[C@H]1COCCCCCC/C=C/c1ccc(-c2ccccc2)cc1. The molecule has 38 heavy (non-hydrogen) atoms. The molecule has 0 bridgehead atoms. The lowest BCUT2D eigenvalue weighted by Gasteiger charge is -2.25. The second-order valence-corrected chi connectivity index (χ2v) is 10.9. The maximum atomic E-state index is 12.5. The smallest absolute Gasteiger partial charge is 0.408 e. The summed E-state index contributed by atoms with van der Waals surface area (Å²) in [6.07, 6.45) is 11.4. The Balaban J connectivity index is 1.22. The van der Waals surface area contributed by atoms with Crippen LogP contribution in [-0.2, 0) is 14.3 Å². The highest BCUT2D eigenvalue weighted by Crippen LogP contribution is 2.20. The van der Waals surface area contributed by atoms with Crippen LogP contribution in [0.5, 0.6) is 0 Å². The molecule has 1 N–H and O–H groups in total. The monoisotopic (exact) mass is 520 g/mol. The number of nitrogens with one attached hydrogen (secondary N) is 1. The summed E-state index contributed by atoms with van der Waals surface area (Å²) in [4.78, 5) is 26.2. The van der Waals surface area contributed by atoms with E-state index in [1.165, 1.54) is 29.5 Å². The van der Waals surface area contributed by atoms with Gasteiger partial charge in [-0.3, -0.25) is 4.79 Å². The second-order valence-electron chi connectivity index (χ2n) is 10.9.